The van der Waals surface area contributed by atoms with Crippen molar-refractivity contribution in [2.24, 2.45) is 0 Å². The summed E-state index contributed by atoms with van der Waals surface area (Å²) >= 11 is 0. The second-order valence-corrected chi connectivity index (χ2v) is 3.88. The van der Waals surface area contributed by atoms with Gasteiger partial charge in [0.25, 0.3) is 0 Å². The van der Waals surface area contributed by atoms with Crippen molar-refractivity contribution in [3.05, 3.63) is 29.1 Å². The molecular weight excluding hydrogens is 183 g/mol. The highest BCUT2D eigenvalue weighted by Gasteiger charge is 2.25. The molecule has 0 aliphatic rings. The lowest BCUT2D eigenvalue weighted by Gasteiger charge is -2.21. The van der Waals surface area contributed by atoms with Gasteiger partial charge in [-0.2, -0.15) is 0 Å². The number of rotatable bonds is 2. The Morgan fingerprint density at radius 2 is 1.93 bits per heavy atom. The highest BCUT2D eigenvalue weighted by molar-refractivity contribution is 5.41. The predicted octanol–water partition coefficient (Wildman–Crippen LogP) is 2.37. The van der Waals surface area contributed by atoms with Crippen LogP contribution < -0.4 is 4.74 Å². The van der Waals surface area contributed by atoms with Crippen molar-refractivity contribution in [3.8, 4) is 5.75 Å². The SMILES string of the molecule is COc1cc(C)cc(F)c1C(C)(C)O. The van der Waals surface area contributed by atoms with Crippen LogP contribution in [0.1, 0.15) is 25.0 Å². The smallest absolute Gasteiger partial charge is 0.133 e. The molecule has 0 atom stereocenters. The molecule has 0 bridgehead atoms. The fraction of sp³-hybridized carbons (Fsp3) is 0.455. The molecule has 0 saturated carbocycles. The second-order valence-electron chi connectivity index (χ2n) is 3.88. The van der Waals surface area contributed by atoms with Gasteiger partial charge < -0.3 is 9.84 Å². The molecule has 2 nitrogen and oxygen atoms in total. The molecule has 0 amide bonds. The van der Waals surface area contributed by atoms with Gasteiger partial charge in [0.15, 0.2) is 0 Å². The average Bonchev–Trinajstić information content (AvgIpc) is 1.99. The molecule has 0 aromatic heterocycles. The summed E-state index contributed by atoms with van der Waals surface area (Å²) in [6.45, 7) is 4.84. The van der Waals surface area contributed by atoms with E-state index in [1.807, 2.05) is 0 Å². The summed E-state index contributed by atoms with van der Waals surface area (Å²) in [6.07, 6.45) is 0. The van der Waals surface area contributed by atoms with Crippen LogP contribution in [0.5, 0.6) is 5.75 Å². The third-order valence-electron chi connectivity index (χ3n) is 2.03. The average molecular weight is 198 g/mol. The standard InChI is InChI=1S/C11H15FO2/c1-7-5-8(12)10(11(2,3)13)9(6-7)14-4/h5-6,13H,1-4H3. The van der Waals surface area contributed by atoms with Gasteiger partial charge >= 0.3 is 0 Å². The van der Waals surface area contributed by atoms with Crippen LogP contribution in [0.3, 0.4) is 0 Å². The maximum absolute atomic E-state index is 13.6. The molecule has 14 heavy (non-hydrogen) atoms. The zero-order valence-corrected chi connectivity index (χ0v) is 8.89. The first-order valence-corrected chi connectivity index (χ1v) is 4.43. The van der Waals surface area contributed by atoms with Gasteiger partial charge in [-0.1, -0.05) is 0 Å². The molecule has 1 aromatic rings. The molecule has 0 radical (unpaired) electrons. The second kappa shape index (κ2) is 3.58. The summed E-state index contributed by atoms with van der Waals surface area (Å²) in [4.78, 5) is 0. The van der Waals surface area contributed by atoms with E-state index in [1.165, 1.54) is 27.0 Å². The summed E-state index contributed by atoms with van der Waals surface area (Å²) < 4.78 is 18.6. The molecule has 0 fully saturated rings. The number of ether oxygens (including phenoxy) is 1. The number of hydrogen-bond donors (Lipinski definition) is 1. The first-order valence-electron chi connectivity index (χ1n) is 4.43. The van der Waals surface area contributed by atoms with Crippen molar-refractivity contribution in [3.63, 3.8) is 0 Å². The van der Waals surface area contributed by atoms with Crippen LogP contribution in [0, 0.1) is 12.7 Å². The number of hydrogen-bond acceptors (Lipinski definition) is 2. The van der Waals surface area contributed by atoms with Gasteiger partial charge in [-0.3, -0.25) is 0 Å². The fourth-order valence-corrected chi connectivity index (χ4v) is 1.47. The molecule has 0 saturated heterocycles. The van der Waals surface area contributed by atoms with Crippen molar-refractivity contribution in [1.29, 1.82) is 0 Å². The first kappa shape index (κ1) is 11.0. The molecule has 0 unspecified atom stereocenters. The molecule has 3 heteroatoms. The lowest BCUT2D eigenvalue weighted by Crippen LogP contribution is -2.19. The third kappa shape index (κ3) is 2.04. The minimum absolute atomic E-state index is 0.200. The minimum Gasteiger partial charge on any atom is -0.496 e. The van der Waals surface area contributed by atoms with Crippen LogP contribution in [0.4, 0.5) is 4.39 Å². The maximum atomic E-state index is 13.6. The van der Waals surface area contributed by atoms with Crippen LogP contribution in [-0.4, -0.2) is 12.2 Å². The molecule has 0 heterocycles. The van der Waals surface area contributed by atoms with Crippen LogP contribution in [0.2, 0.25) is 0 Å². The zero-order chi connectivity index (χ0) is 10.9. The van der Waals surface area contributed by atoms with Crippen LogP contribution in [0.15, 0.2) is 12.1 Å². The normalized spacial score (nSPS) is 11.6. The van der Waals surface area contributed by atoms with Crippen LogP contribution in [-0.2, 0) is 5.60 Å². The summed E-state index contributed by atoms with van der Waals surface area (Å²) in [5.41, 5.74) is -0.263. The quantitative estimate of drug-likeness (QED) is 0.790. The minimum atomic E-state index is -1.23. The Bertz CT molecular complexity index is 340. The van der Waals surface area contributed by atoms with Gasteiger partial charge in [-0.15, -0.1) is 0 Å². The topological polar surface area (TPSA) is 29.5 Å². The van der Waals surface area contributed by atoms with Gasteiger partial charge in [-0.25, -0.2) is 4.39 Å². The Morgan fingerprint density at radius 3 is 2.36 bits per heavy atom. The van der Waals surface area contributed by atoms with E-state index in [1.54, 1.807) is 13.0 Å². The lowest BCUT2D eigenvalue weighted by atomic mass is 9.95. The highest BCUT2D eigenvalue weighted by atomic mass is 19.1. The fourth-order valence-electron chi connectivity index (χ4n) is 1.47. The van der Waals surface area contributed by atoms with Gasteiger partial charge in [0.1, 0.15) is 11.6 Å². The number of methoxy groups -OCH3 is 1. The molecule has 1 aromatic carbocycles. The summed E-state index contributed by atoms with van der Waals surface area (Å²) in [6, 6.07) is 3.09. The molecule has 78 valence electrons. The van der Waals surface area contributed by atoms with E-state index >= 15 is 0 Å². The third-order valence-corrected chi connectivity index (χ3v) is 2.03. The Kier molecular flexibility index (Phi) is 2.81. The van der Waals surface area contributed by atoms with E-state index in [2.05, 4.69) is 0 Å². The zero-order valence-electron chi connectivity index (χ0n) is 8.89. The van der Waals surface area contributed by atoms with E-state index in [0.29, 0.717) is 5.75 Å². The van der Waals surface area contributed by atoms with Gasteiger partial charge in [0.05, 0.1) is 18.3 Å². The van der Waals surface area contributed by atoms with Gasteiger partial charge in [0.2, 0.25) is 0 Å². The summed E-state index contributed by atoms with van der Waals surface area (Å²) in [7, 11) is 1.46. The maximum Gasteiger partial charge on any atom is 0.133 e. The lowest BCUT2D eigenvalue weighted by molar-refractivity contribution is 0.0714. The first-order chi connectivity index (χ1) is 6.36. The molecule has 0 aliphatic heterocycles. The Balaban J connectivity index is 3.40. The number of halogens is 1. The highest BCUT2D eigenvalue weighted by Crippen LogP contribution is 2.32. The van der Waals surface area contributed by atoms with Crippen molar-refractivity contribution in [2.45, 2.75) is 26.4 Å². The molecule has 0 aliphatic carbocycles. The molecule has 1 rings (SSSR count). The van der Waals surface area contributed by atoms with E-state index in [4.69, 9.17) is 4.74 Å². The molecular formula is C11H15FO2. The Hall–Kier alpha value is -1.09. The predicted molar refractivity (Wildman–Crippen MR) is 52.9 cm³/mol. The summed E-state index contributed by atoms with van der Waals surface area (Å²) in [5.74, 6) is -0.0515. The van der Waals surface area contributed by atoms with E-state index in [9.17, 15) is 9.50 Å². The molecule has 1 N–H and O–H groups in total. The van der Waals surface area contributed by atoms with Gasteiger partial charge in [-0.05, 0) is 38.5 Å². The molecule has 0 spiro atoms. The number of aliphatic hydroxyl groups is 1. The van der Waals surface area contributed by atoms with Crippen molar-refractivity contribution < 1.29 is 14.2 Å². The Morgan fingerprint density at radius 1 is 1.36 bits per heavy atom. The van der Waals surface area contributed by atoms with Crippen LogP contribution in [0.25, 0.3) is 0 Å². The van der Waals surface area contributed by atoms with E-state index in [0.717, 1.165) is 5.56 Å². The van der Waals surface area contributed by atoms with Crippen LogP contribution >= 0.6 is 0 Å². The van der Waals surface area contributed by atoms with E-state index < -0.39 is 11.4 Å². The monoisotopic (exact) mass is 198 g/mol. The van der Waals surface area contributed by atoms with Crippen molar-refractivity contribution in [2.75, 3.05) is 7.11 Å². The van der Waals surface area contributed by atoms with E-state index in [-0.39, 0.29) is 5.56 Å². The summed E-state index contributed by atoms with van der Waals surface area (Å²) in [5, 5.41) is 9.75. The Labute approximate surface area is 83.3 Å². The number of aryl methyl sites for hydroxylation is 1. The largest absolute Gasteiger partial charge is 0.496 e. The van der Waals surface area contributed by atoms with Gasteiger partial charge in [0, 0.05) is 0 Å². The van der Waals surface area contributed by atoms with Crippen molar-refractivity contribution >= 4 is 0 Å². The number of benzene rings is 1. The van der Waals surface area contributed by atoms with Crippen molar-refractivity contribution in [1.82, 2.24) is 0 Å².